The Labute approximate surface area is 135 Å². The summed E-state index contributed by atoms with van der Waals surface area (Å²) >= 11 is 0. The van der Waals surface area contributed by atoms with Crippen molar-refractivity contribution in [1.82, 2.24) is 0 Å². The van der Waals surface area contributed by atoms with Gasteiger partial charge >= 0.3 is 0 Å². The molecule has 22 heavy (non-hydrogen) atoms. The normalized spacial score (nSPS) is 17.4. The minimum absolute atomic E-state index is 0.180. The van der Waals surface area contributed by atoms with Crippen LogP contribution in [0, 0.1) is 11.5 Å². The molecule has 0 aromatic heterocycles. The summed E-state index contributed by atoms with van der Waals surface area (Å²) in [6.45, 7) is 7.96. The third kappa shape index (κ3) is 3.26. The van der Waals surface area contributed by atoms with Crippen LogP contribution in [0.25, 0.3) is 0 Å². The Morgan fingerprint density at radius 3 is 2.36 bits per heavy atom. The standard InChI is InChI=1S/C20H23NSi/c1-22(2,3)16-14-20-19-12-8-7-9-17(19)13-15-21(20)18-10-5-4-6-11-18/h4-12,20H,13,15H2,1-3H3. The first-order chi connectivity index (χ1) is 10.5. The third-order valence-corrected chi connectivity index (χ3v) is 4.85. The second kappa shape index (κ2) is 6.02. The number of anilines is 1. The number of rotatable bonds is 1. The zero-order valence-electron chi connectivity index (χ0n) is 13.6. The minimum atomic E-state index is -1.38. The van der Waals surface area contributed by atoms with Crippen LogP contribution in [0.2, 0.25) is 19.6 Å². The maximum atomic E-state index is 3.60. The van der Waals surface area contributed by atoms with E-state index >= 15 is 0 Å². The van der Waals surface area contributed by atoms with E-state index in [0.717, 1.165) is 13.0 Å². The lowest BCUT2D eigenvalue weighted by atomic mass is 9.92. The first-order valence-corrected chi connectivity index (χ1v) is 11.5. The van der Waals surface area contributed by atoms with Gasteiger partial charge in [0.25, 0.3) is 0 Å². The summed E-state index contributed by atoms with van der Waals surface area (Å²) < 4.78 is 0. The lowest BCUT2D eigenvalue weighted by Gasteiger charge is -2.36. The molecular formula is C20H23NSi. The van der Waals surface area contributed by atoms with Gasteiger partial charge in [-0.15, -0.1) is 5.54 Å². The van der Waals surface area contributed by atoms with Gasteiger partial charge in [0.15, 0.2) is 0 Å². The Bertz CT molecular complexity index is 704. The second-order valence-electron chi connectivity index (χ2n) is 6.90. The quantitative estimate of drug-likeness (QED) is 0.546. The van der Waals surface area contributed by atoms with E-state index in [1.165, 1.54) is 16.8 Å². The zero-order chi connectivity index (χ0) is 15.6. The Hall–Kier alpha value is -1.98. The molecule has 0 bridgehead atoms. The van der Waals surface area contributed by atoms with Crippen LogP contribution in [-0.4, -0.2) is 14.6 Å². The highest BCUT2D eigenvalue weighted by Crippen LogP contribution is 2.33. The third-order valence-electron chi connectivity index (χ3n) is 3.96. The first kappa shape index (κ1) is 14.9. The van der Waals surface area contributed by atoms with Crippen LogP contribution in [-0.2, 0) is 6.42 Å². The summed E-state index contributed by atoms with van der Waals surface area (Å²) in [5, 5.41) is 0. The molecule has 1 aliphatic rings. The monoisotopic (exact) mass is 305 g/mol. The van der Waals surface area contributed by atoms with Gasteiger partial charge in [-0.2, -0.15) is 0 Å². The minimum Gasteiger partial charge on any atom is -0.353 e. The fraction of sp³-hybridized carbons (Fsp3) is 0.300. The average molecular weight is 305 g/mol. The van der Waals surface area contributed by atoms with Gasteiger partial charge in [0.05, 0.1) is 0 Å². The van der Waals surface area contributed by atoms with E-state index in [-0.39, 0.29) is 6.04 Å². The molecule has 0 radical (unpaired) electrons. The van der Waals surface area contributed by atoms with Gasteiger partial charge in [-0.3, -0.25) is 0 Å². The van der Waals surface area contributed by atoms with E-state index in [1.807, 2.05) is 0 Å². The number of hydrogen-bond acceptors (Lipinski definition) is 1. The summed E-state index contributed by atoms with van der Waals surface area (Å²) in [5.74, 6) is 3.60. The smallest absolute Gasteiger partial charge is 0.129 e. The van der Waals surface area contributed by atoms with Crippen molar-refractivity contribution in [2.24, 2.45) is 0 Å². The van der Waals surface area contributed by atoms with Gasteiger partial charge in [0.1, 0.15) is 14.1 Å². The Kier molecular flexibility index (Phi) is 4.09. The highest BCUT2D eigenvalue weighted by atomic mass is 28.3. The van der Waals surface area contributed by atoms with Crippen LogP contribution in [0.4, 0.5) is 5.69 Å². The van der Waals surface area contributed by atoms with E-state index in [9.17, 15) is 0 Å². The maximum absolute atomic E-state index is 3.60. The molecule has 0 spiro atoms. The molecule has 0 N–H and O–H groups in total. The van der Waals surface area contributed by atoms with Gasteiger partial charge in [0, 0.05) is 12.2 Å². The molecule has 0 saturated heterocycles. The highest BCUT2D eigenvalue weighted by molar-refractivity contribution is 6.83. The molecule has 2 aromatic rings. The fourth-order valence-corrected chi connectivity index (χ4v) is 3.47. The maximum Gasteiger partial charge on any atom is 0.129 e. The Morgan fingerprint density at radius 2 is 1.64 bits per heavy atom. The predicted molar refractivity (Wildman–Crippen MR) is 97.8 cm³/mol. The summed E-state index contributed by atoms with van der Waals surface area (Å²) in [6.07, 6.45) is 1.09. The van der Waals surface area contributed by atoms with Gasteiger partial charge in [0.2, 0.25) is 0 Å². The average Bonchev–Trinajstić information content (AvgIpc) is 2.52. The summed E-state index contributed by atoms with van der Waals surface area (Å²) in [7, 11) is -1.38. The van der Waals surface area contributed by atoms with E-state index in [2.05, 4.69) is 90.6 Å². The van der Waals surface area contributed by atoms with Crippen LogP contribution in [0.5, 0.6) is 0 Å². The SMILES string of the molecule is C[Si](C)(C)C#CC1c2ccccc2CCN1c1ccccc1. The summed E-state index contributed by atoms with van der Waals surface area (Å²) in [5.41, 5.74) is 7.68. The summed E-state index contributed by atoms with van der Waals surface area (Å²) in [6, 6.07) is 19.6. The van der Waals surface area contributed by atoms with E-state index in [0.29, 0.717) is 0 Å². The molecule has 1 nitrogen and oxygen atoms in total. The zero-order valence-corrected chi connectivity index (χ0v) is 14.6. The molecule has 2 aromatic carbocycles. The fourth-order valence-electron chi connectivity index (χ4n) is 2.90. The van der Waals surface area contributed by atoms with Crippen LogP contribution < -0.4 is 4.90 Å². The van der Waals surface area contributed by atoms with Crippen molar-refractivity contribution in [2.45, 2.75) is 32.1 Å². The Morgan fingerprint density at radius 1 is 0.955 bits per heavy atom. The molecule has 0 fully saturated rings. The molecule has 112 valence electrons. The van der Waals surface area contributed by atoms with Crippen molar-refractivity contribution in [3.8, 4) is 11.5 Å². The number of para-hydroxylation sites is 1. The van der Waals surface area contributed by atoms with Gasteiger partial charge in [-0.1, -0.05) is 68.0 Å². The molecule has 1 unspecified atom stereocenters. The van der Waals surface area contributed by atoms with Crippen LogP contribution in [0.1, 0.15) is 17.2 Å². The molecule has 0 amide bonds. The van der Waals surface area contributed by atoms with E-state index < -0.39 is 8.07 Å². The van der Waals surface area contributed by atoms with Crippen molar-refractivity contribution >= 4 is 13.8 Å². The number of nitrogens with zero attached hydrogens (tertiary/aromatic N) is 1. The molecule has 3 rings (SSSR count). The van der Waals surface area contributed by atoms with Crippen molar-refractivity contribution in [3.63, 3.8) is 0 Å². The molecular weight excluding hydrogens is 282 g/mol. The predicted octanol–water partition coefficient (Wildman–Crippen LogP) is 4.67. The molecule has 1 aliphatic heterocycles. The molecule has 0 saturated carbocycles. The van der Waals surface area contributed by atoms with Crippen molar-refractivity contribution in [1.29, 1.82) is 0 Å². The largest absolute Gasteiger partial charge is 0.353 e. The lowest BCUT2D eigenvalue weighted by molar-refractivity contribution is 0.682. The molecule has 1 atom stereocenters. The second-order valence-corrected chi connectivity index (χ2v) is 11.6. The van der Waals surface area contributed by atoms with Crippen molar-refractivity contribution < 1.29 is 0 Å². The van der Waals surface area contributed by atoms with Gasteiger partial charge < -0.3 is 4.90 Å². The van der Waals surface area contributed by atoms with Crippen LogP contribution >= 0.6 is 0 Å². The van der Waals surface area contributed by atoms with Gasteiger partial charge in [-0.25, -0.2) is 0 Å². The van der Waals surface area contributed by atoms with Crippen LogP contribution in [0.3, 0.4) is 0 Å². The van der Waals surface area contributed by atoms with E-state index in [1.54, 1.807) is 0 Å². The molecule has 0 aliphatic carbocycles. The van der Waals surface area contributed by atoms with Crippen LogP contribution in [0.15, 0.2) is 54.6 Å². The molecule has 2 heteroatoms. The topological polar surface area (TPSA) is 3.24 Å². The Balaban J connectivity index is 2.05. The first-order valence-electron chi connectivity index (χ1n) is 7.97. The number of fused-ring (bicyclic) bond motifs is 1. The molecule has 1 heterocycles. The lowest BCUT2D eigenvalue weighted by Crippen LogP contribution is -2.35. The highest BCUT2D eigenvalue weighted by Gasteiger charge is 2.26. The van der Waals surface area contributed by atoms with Crippen molar-refractivity contribution in [2.75, 3.05) is 11.4 Å². The summed E-state index contributed by atoms with van der Waals surface area (Å²) in [4.78, 5) is 2.45. The number of benzene rings is 2. The van der Waals surface area contributed by atoms with Gasteiger partial charge in [-0.05, 0) is 29.7 Å². The van der Waals surface area contributed by atoms with E-state index in [4.69, 9.17) is 0 Å². The van der Waals surface area contributed by atoms with Crippen molar-refractivity contribution in [3.05, 3.63) is 65.7 Å². The number of hydrogen-bond donors (Lipinski definition) is 0.